The summed E-state index contributed by atoms with van der Waals surface area (Å²) >= 11 is 0. The summed E-state index contributed by atoms with van der Waals surface area (Å²) in [6.07, 6.45) is 6.44. The van der Waals surface area contributed by atoms with Crippen molar-refractivity contribution in [3.05, 3.63) is 12.2 Å². The number of rotatable bonds is 2. The minimum atomic E-state index is 0.553. The molecule has 0 aromatic carbocycles. The van der Waals surface area contributed by atoms with Gasteiger partial charge in [0, 0.05) is 0 Å². The molecule has 68 valence electrons. The summed E-state index contributed by atoms with van der Waals surface area (Å²) in [5.41, 5.74) is 0.976. The molecule has 1 fully saturated rings. The molecule has 0 aromatic heterocycles. The smallest absolute Gasteiger partial charge is 0.0690 e. The van der Waals surface area contributed by atoms with E-state index in [0.717, 1.165) is 11.5 Å². The number of nitrogens with zero attached hydrogens (tertiary/aromatic N) is 1. The van der Waals surface area contributed by atoms with E-state index in [1.165, 1.54) is 31.9 Å². The first-order valence-corrected chi connectivity index (χ1v) is 4.60. The SMILES string of the molecule is C=C(/C=N/O)C1CCC(C)CC1. The maximum Gasteiger partial charge on any atom is 0.0690 e. The van der Waals surface area contributed by atoms with Crippen molar-refractivity contribution in [1.82, 2.24) is 0 Å². The minimum Gasteiger partial charge on any atom is -0.411 e. The van der Waals surface area contributed by atoms with Crippen LogP contribution < -0.4 is 0 Å². The van der Waals surface area contributed by atoms with Crippen LogP contribution in [0.4, 0.5) is 0 Å². The van der Waals surface area contributed by atoms with Gasteiger partial charge in [-0.05, 0) is 30.3 Å². The van der Waals surface area contributed by atoms with Crippen LogP contribution in [0.25, 0.3) is 0 Å². The Kier molecular flexibility index (Phi) is 3.32. The molecule has 0 saturated heterocycles. The van der Waals surface area contributed by atoms with Crippen LogP contribution in [0.15, 0.2) is 17.3 Å². The summed E-state index contributed by atoms with van der Waals surface area (Å²) in [7, 11) is 0. The van der Waals surface area contributed by atoms with Crippen LogP contribution in [0, 0.1) is 11.8 Å². The monoisotopic (exact) mass is 167 g/mol. The van der Waals surface area contributed by atoms with E-state index < -0.39 is 0 Å². The number of hydrogen-bond donors (Lipinski definition) is 1. The molecule has 1 aliphatic carbocycles. The Bertz CT molecular complexity index is 178. The van der Waals surface area contributed by atoms with E-state index in [4.69, 9.17) is 5.21 Å². The van der Waals surface area contributed by atoms with Gasteiger partial charge in [0.05, 0.1) is 6.21 Å². The van der Waals surface area contributed by atoms with E-state index in [2.05, 4.69) is 18.7 Å². The summed E-state index contributed by atoms with van der Waals surface area (Å²) in [5, 5.41) is 11.3. The molecule has 1 aliphatic rings. The highest BCUT2D eigenvalue weighted by Gasteiger charge is 2.19. The Morgan fingerprint density at radius 3 is 2.50 bits per heavy atom. The standard InChI is InChI=1S/C10H17NO/c1-8-3-5-10(6-4-8)9(2)7-11-12/h7-8,10,12H,2-6H2,1H3/b11-7+. The van der Waals surface area contributed by atoms with E-state index in [0.29, 0.717) is 5.92 Å². The molecule has 0 heterocycles. The van der Waals surface area contributed by atoms with E-state index in [-0.39, 0.29) is 0 Å². The van der Waals surface area contributed by atoms with Crippen molar-refractivity contribution in [2.45, 2.75) is 32.6 Å². The minimum absolute atomic E-state index is 0.553. The van der Waals surface area contributed by atoms with Gasteiger partial charge >= 0.3 is 0 Å². The van der Waals surface area contributed by atoms with Crippen molar-refractivity contribution >= 4 is 6.21 Å². The van der Waals surface area contributed by atoms with Gasteiger partial charge in [0.2, 0.25) is 0 Å². The molecule has 1 saturated carbocycles. The molecule has 1 N–H and O–H groups in total. The van der Waals surface area contributed by atoms with Gasteiger partial charge in [0.1, 0.15) is 0 Å². The van der Waals surface area contributed by atoms with Gasteiger partial charge in [0.15, 0.2) is 0 Å². The molecule has 0 aromatic rings. The lowest BCUT2D eigenvalue weighted by atomic mass is 9.80. The third-order valence-corrected chi connectivity index (χ3v) is 2.76. The Morgan fingerprint density at radius 2 is 2.00 bits per heavy atom. The lowest BCUT2D eigenvalue weighted by Crippen LogP contribution is -2.14. The first-order valence-electron chi connectivity index (χ1n) is 4.60. The fraction of sp³-hybridized carbons (Fsp3) is 0.700. The van der Waals surface area contributed by atoms with Gasteiger partial charge in [-0.1, -0.05) is 31.5 Å². The van der Waals surface area contributed by atoms with Crippen LogP contribution in [-0.4, -0.2) is 11.4 Å². The van der Waals surface area contributed by atoms with Crippen LogP contribution in [0.2, 0.25) is 0 Å². The van der Waals surface area contributed by atoms with Crippen LogP contribution in [-0.2, 0) is 0 Å². The van der Waals surface area contributed by atoms with E-state index >= 15 is 0 Å². The summed E-state index contributed by atoms with van der Waals surface area (Å²) in [4.78, 5) is 0. The lowest BCUT2D eigenvalue weighted by molar-refractivity contribution is 0.314. The lowest BCUT2D eigenvalue weighted by Gasteiger charge is -2.25. The predicted molar refractivity (Wildman–Crippen MR) is 50.5 cm³/mol. The zero-order valence-electron chi connectivity index (χ0n) is 7.66. The average molecular weight is 167 g/mol. The first-order chi connectivity index (χ1) is 5.74. The molecule has 0 radical (unpaired) electrons. The molecule has 2 heteroatoms. The quantitative estimate of drug-likeness (QED) is 0.383. The second kappa shape index (κ2) is 4.29. The molecule has 0 atom stereocenters. The highest BCUT2D eigenvalue weighted by molar-refractivity contribution is 5.77. The molecule has 12 heavy (non-hydrogen) atoms. The number of oxime groups is 1. The van der Waals surface area contributed by atoms with E-state index in [1.54, 1.807) is 0 Å². The van der Waals surface area contributed by atoms with Gasteiger partial charge in [-0.3, -0.25) is 0 Å². The Balaban J connectivity index is 2.39. The van der Waals surface area contributed by atoms with Gasteiger partial charge in [-0.25, -0.2) is 0 Å². The van der Waals surface area contributed by atoms with E-state index in [9.17, 15) is 0 Å². The Labute approximate surface area is 74.0 Å². The third kappa shape index (κ3) is 2.36. The Hall–Kier alpha value is -0.790. The van der Waals surface area contributed by atoms with Crippen molar-refractivity contribution < 1.29 is 5.21 Å². The molecule has 0 bridgehead atoms. The molecular formula is C10H17NO. The Morgan fingerprint density at radius 1 is 1.42 bits per heavy atom. The molecule has 0 amide bonds. The molecule has 1 rings (SSSR count). The largest absolute Gasteiger partial charge is 0.411 e. The third-order valence-electron chi connectivity index (χ3n) is 2.76. The topological polar surface area (TPSA) is 32.6 Å². The maximum atomic E-state index is 8.33. The van der Waals surface area contributed by atoms with Crippen LogP contribution in [0.5, 0.6) is 0 Å². The maximum absolute atomic E-state index is 8.33. The van der Waals surface area contributed by atoms with Crippen LogP contribution in [0.1, 0.15) is 32.6 Å². The zero-order valence-corrected chi connectivity index (χ0v) is 7.66. The fourth-order valence-corrected chi connectivity index (χ4v) is 1.81. The van der Waals surface area contributed by atoms with Crippen molar-refractivity contribution in [3.8, 4) is 0 Å². The summed E-state index contributed by atoms with van der Waals surface area (Å²) in [6, 6.07) is 0. The van der Waals surface area contributed by atoms with Gasteiger partial charge in [-0.15, -0.1) is 0 Å². The molecule has 0 unspecified atom stereocenters. The fourth-order valence-electron chi connectivity index (χ4n) is 1.81. The summed E-state index contributed by atoms with van der Waals surface area (Å²) < 4.78 is 0. The highest BCUT2D eigenvalue weighted by Crippen LogP contribution is 2.31. The average Bonchev–Trinajstić information content (AvgIpc) is 2.06. The first kappa shape index (κ1) is 9.30. The van der Waals surface area contributed by atoms with E-state index in [1.807, 2.05) is 0 Å². The van der Waals surface area contributed by atoms with Crippen molar-refractivity contribution in [2.24, 2.45) is 17.0 Å². The van der Waals surface area contributed by atoms with Crippen LogP contribution >= 0.6 is 0 Å². The second-order valence-corrected chi connectivity index (χ2v) is 3.78. The molecule has 0 aliphatic heterocycles. The van der Waals surface area contributed by atoms with Crippen LogP contribution in [0.3, 0.4) is 0 Å². The van der Waals surface area contributed by atoms with Crippen molar-refractivity contribution in [2.75, 3.05) is 0 Å². The second-order valence-electron chi connectivity index (χ2n) is 3.78. The zero-order chi connectivity index (χ0) is 8.97. The van der Waals surface area contributed by atoms with Crippen molar-refractivity contribution in [1.29, 1.82) is 0 Å². The van der Waals surface area contributed by atoms with Crippen molar-refractivity contribution in [3.63, 3.8) is 0 Å². The predicted octanol–water partition coefficient (Wildman–Crippen LogP) is 2.83. The van der Waals surface area contributed by atoms with Gasteiger partial charge in [0.25, 0.3) is 0 Å². The highest BCUT2D eigenvalue weighted by atomic mass is 16.4. The number of allylic oxidation sites excluding steroid dienone is 1. The molecule has 2 nitrogen and oxygen atoms in total. The van der Waals surface area contributed by atoms with Gasteiger partial charge < -0.3 is 5.21 Å². The van der Waals surface area contributed by atoms with Gasteiger partial charge in [-0.2, -0.15) is 0 Å². The molecular weight excluding hydrogens is 150 g/mol. The summed E-state index contributed by atoms with van der Waals surface area (Å²) in [6.45, 7) is 6.17. The summed E-state index contributed by atoms with van der Waals surface area (Å²) in [5.74, 6) is 1.41. The molecule has 0 spiro atoms. The number of hydrogen-bond acceptors (Lipinski definition) is 2. The normalized spacial score (nSPS) is 30.8.